The SMILES string of the molecule is COc1cc(O)c2c(c1)C(=O)c1cc3c(c(C)c1C2=O)C(OC1OC(C)C(O)C(O)C1OC)C(OC)C(C)(O)C3=O. The smallest absolute Gasteiger partial charge is 0.198 e. The lowest BCUT2D eigenvalue weighted by atomic mass is 9.70. The molecule has 2 aliphatic carbocycles. The molecule has 1 saturated heterocycles. The maximum Gasteiger partial charge on any atom is 0.198 e. The number of ketones is 3. The minimum absolute atomic E-state index is 0.0452. The Labute approximate surface area is 235 Å². The van der Waals surface area contributed by atoms with E-state index in [1.807, 2.05) is 0 Å². The Balaban J connectivity index is 1.71. The van der Waals surface area contributed by atoms with Crippen molar-refractivity contribution in [3.05, 3.63) is 57.1 Å². The number of aliphatic hydroxyl groups excluding tert-OH is 2. The Morgan fingerprint density at radius 2 is 1.56 bits per heavy atom. The van der Waals surface area contributed by atoms with Gasteiger partial charge in [-0.05, 0) is 44.0 Å². The average molecular weight is 573 g/mol. The molecule has 1 aliphatic heterocycles. The number of Topliss-reactive ketones (excluding diaryl/α,β-unsaturated/α-hetero) is 1. The van der Waals surface area contributed by atoms with Gasteiger partial charge in [0, 0.05) is 42.5 Å². The first-order chi connectivity index (χ1) is 19.3. The highest BCUT2D eigenvalue weighted by Gasteiger charge is 2.55. The van der Waals surface area contributed by atoms with Gasteiger partial charge in [-0.1, -0.05) is 0 Å². The van der Waals surface area contributed by atoms with Crippen LogP contribution in [0.1, 0.15) is 73.3 Å². The summed E-state index contributed by atoms with van der Waals surface area (Å²) in [6, 6.07) is 3.81. The third-order valence-corrected chi connectivity index (χ3v) is 8.31. The van der Waals surface area contributed by atoms with E-state index in [2.05, 4.69) is 0 Å². The second-order valence-corrected chi connectivity index (χ2v) is 10.7. The lowest BCUT2D eigenvalue weighted by Gasteiger charge is -2.46. The predicted octanol–water partition coefficient (Wildman–Crippen LogP) is 0.986. The van der Waals surface area contributed by atoms with E-state index in [0.717, 1.165) is 0 Å². The molecule has 3 aliphatic rings. The fourth-order valence-corrected chi connectivity index (χ4v) is 6.11. The average Bonchev–Trinajstić information content (AvgIpc) is 2.92. The fraction of sp³-hybridized carbons (Fsp3) is 0.483. The first-order valence-corrected chi connectivity index (χ1v) is 13.0. The highest BCUT2D eigenvalue weighted by molar-refractivity contribution is 6.30. The van der Waals surface area contributed by atoms with Gasteiger partial charge >= 0.3 is 0 Å². The maximum atomic E-state index is 13.8. The molecule has 1 heterocycles. The fourth-order valence-electron chi connectivity index (χ4n) is 6.11. The molecule has 8 unspecified atom stereocenters. The van der Waals surface area contributed by atoms with Gasteiger partial charge in [0.15, 0.2) is 29.2 Å². The first kappa shape index (κ1) is 29.3. The number of hydrogen-bond acceptors (Lipinski definition) is 12. The van der Waals surface area contributed by atoms with Crippen molar-refractivity contribution in [2.24, 2.45) is 0 Å². The molecular formula is C29H32O12. The Hall–Kier alpha value is -3.23. The van der Waals surface area contributed by atoms with Crippen LogP contribution >= 0.6 is 0 Å². The zero-order valence-corrected chi connectivity index (χ0v) is 23.3. The van der Waals surface area contributed by atoms with E-state index in [1.54, 1.807) is 0 Å². The minimum Gasteiger partial charge on any atom is -0.507 e. The number of carbonyl (C=O) groups is 3. The van der Waals surface area contributed by atoms with Crippen LogP contribution in [-0.4, -0.2) is 102 Å². The van der Waals surface area contributed by atoms with Gasteiger partial charge in [-0.25, -0.2) is 0 Å². The summed E-state index contributed by atoms with van der Waals surface area (Å²) in [4.78, 5) is 41.1. The summed E-state index contributed by atoms with van der Waals surface area (Å²) >= 11 is 0. The van der Waals surface area contributed by atoms with Crippen molar-refractivity contribution in [3.8, 4) is 11.5 Å². The number of ether oxygens (including phenoxy) is 5. The van der Waals surface area contributed by atoms with Crippen LogP contribution in [0.5, 0.6) is 11.5 Å². The highest BCUT2D eigenvalue weighted by atomic mass is 16.7. The van der Waals surface area contributed by atoms with E-state index in [0.29, 0.717) is 0 Å². The van der Waals surface area contributed by atoms with Gasteiger partial charge in [-0.15, -0.1) is 0 Å². The number of carbonyl (C=O) groups excluding carboxylic acids is 3. The van der Waals surface area contributed by atoms with E-state index in [4.69, 9.17) is 23.7 Å². The van der Waals surface area contributed by atoms with Gasteiger partial charge < -0.3 is 44.1 Å². The van der Waals surface area contributed by atoms with Crippen LogP contribution in [0.2, 0.25) is 0 Å². The zero-order valence-electron chi connectivity index (χ0n) is 23.3. The second kappa shape index (κ2) is 10.2. The number of hydrogen-bond donors (Lipinski definition) is 4. The molecule has 1 fully saturated rings. The lowest BCUT2D eigenvalue weighted by molar-refractivity contribution is -0.321. The van der Waals surface area contributed by atoms with Crippen LogP contribution in [0.3, 0.4) is 0 Å². The molecule has 0 saturated carbocycles. The molecule has 2 aromatic carbocycles. The lowest BCUT2D eigenvalue weighted by Crippen LogP contribution is -2.60. The molecule has 220 valence electrons. The van der Waals surface area contributed by atoms with E-state index in [-0.39, 0.29) is 44.7 Å². The zero-order chi connectivity index (χ0) is 30.1. The molecule has 12 nitrogen and oxygen atoms in total. The van der Waals surface area contributed by atoms with E-state index in [1.165, 1.54) is 60.3 Å². The van der Waals surface area contributed by atoms with Crippen molar-refractivity contribution in [3.63, 3.8) is 0 Å². The number of rotatable bonds is 5. The quantitative estimate of drug-likeness (QED) is 0.341. The molecule has 8 atom stereocenters. The van der Waals surface area contributed by atoms with E-state index in [9.17, 15) is 34.8 Å². The Morgan fingerprint density at radius 1 is 0.902 bits per heavy atom. The van der Waals surface area contributed by atoms with E-state index >= 15 is 0 Å². The summed E-state index contributed by atoms with van der Waals surface area (Å²) in [5, 5.41) is 42.9. The third-order valence-electron chi connectivity index (χ3n) is 8.31. The maximum absolute atomic E-state index is 13.8. The van der Waals surface area contributed by atoms with Crippen LogP contribution < -0.4 is 4.74 Å². The molecule has 0 aromatic heterocycles. The molecule has 0 spiro atoms. The predicted molar refractivity (Wildman–Crippen MR) is 139 cm³/mol. The number of aromatic hydroxyl groups is 1. The van der Waals surface area contributed by atoms with Gasteiger partial charge in [0.1, 0.15) is 42.0 Å². The van der Waals surface area contributed by atoms with Crippen molar-refractivity contribution < 1.29 is 58.5 Å². The molecule has 0 amide bonds. The van der Waals surface area contributed by atoms with Crippen LogP contribution in [-0.2, 0) is 18.9 Å². The standard InChI is InChI=1S/C29H32O12/c1-10-17-14(21(32)13-7-12(37-4)8-16(30)19(13)22(17)33)9-15-18(10)24(27(39-6)29(3,36)26(15)35)41-28-25(38-5)23(34)20(31)11(2)40-28/h7-9,11,20,23-25,27-28,30-31,34,36H,1-6H3. The molecule has 5 rings (SSSR count). The summed E-state index contributed by atoms with van der Waals surface area (Å²) in [5.74, 6) is -2.31. The van der Waals surface area contributed by atoms with Crippen LogP contribution in [0.15, 0.2) is 18.2 Å². The van der Waals surface area contributed by atoms with E-state index < -0.39 is 71.6 Å². The van der Waals surface area contributed by atoms with Gasteiger partial charge in [0.05, 0.1) is 18.8 Å². The molecule has 41 heavy (non-hydrogen) atoms. The first-order valence-electron chi connectivity index (χ1n) is 13.0. The van der Waals surface area contributed by atoms with Crippen LogP contribution in [0, 0.1) is 6.92 Å². The van der Waals surface area contributed by atoms with Crippen molar-refractivity contribution in [1.82, 2.24) is 0 Å². The number of phenols is 1. The van der Waals surface area contributed by atoms with Crippen LogP contribution in [0.25, 0.3) is 0 Å². The van der Waals surface area contributed by atoms with Crippen molar-refractivity contribution in [1.29, 1.82) is 0 Å². The Kier molecular flexibility index (Phi) is 7.31. The molecule has 4 N–H and O–H groups in total. The van der Waals surface area contributed by atoms with Crippen molar-refractivity contribution in [2.45, 2.75) is 69.3 Å². The molecule has 12 heteroatoms. The number of methoxy groups -OCH3 is 3. The normalized spacial score (nSPS) is 32.8. The molecule has 2 aromatic rings. The topological polar surface area (TPSA) is 178 Å². The largest absolute Gasteiger partial charge is 0.507 e. The minimum atomic E-state index is -2.14. The Morgan fingerprint density at radius 3 is 2.17 bits per heavy atom. The molecule has 0 bridgehead atoms. The van der Waals surface area contributed by atoms with Gasteiger partial charge in [-0.3, -0.25) is 14.4 Å². The third kappa shape index (κ3) is 4.21. The van der Waals surface area contributed by atoms with Crippen LogP contribution in [0.4, 0.5) is 0 Å². The number of phenolic OH excluding ortho intramolecular Hbond substituents is 1. The monoisotopic (exact) mass is 572 g/mol. The van der Waals surface area contributed by atoms with Gasteiger partial charge in [-0.2, -0.15) is 0 Å². The Bertz CT molecular complexity index is 1450. The number of fused-ring (bicyclic) bond motifs is 3. The van der Waals surface area contributed by atoms with Gasteiger partial charge in [0.2, 0.25) is 0 Å². The summed E-state index contributed by atoms with van der Waals surface area (Å²) in [6.45, 7) is 4.31. The van der Waals surface area contributed by atoms with Crippen molar-refractivity contribution >= 4 is 17.3 Å². The summed E-state index contributed by atoms with van der Waals surface area (Å²) in [6.07, 6.45) is -8.57. The number of aliphatic hydroxyl groups is 3. The van der Waals surface area contributed by atoms with Gasteiger partial charge in [0.25, 0.3) is 0 Å². The highest BCUT2D eigenvalue weighted by Crippen LogP contribution is 2.47. The van der Waals surface area contributed by atoms with Crippen molar-refractivity contribution in [2.75, 3.05) is 21.3 Å². The second-order valence-electron chi connectivity index (χ2n) is 10.7. The number of benzene rings is 2. The summed E-state index contributed by atoms with van der Waals surface area (Å²) in [5.41, 5.74) is -2.27. The summed E-state index contributed by atoms with van der Waals surface area (Å²) in [7, 11) is 3.92. The molecule has 0 radical (unpaired) electrons. The summed E-state index contributed by atoms with van der Waals surface area (Å²) < 4.78 is 28.2. The molecular weight excluding hydrogens is 540 g/mol.